The minimum Gasteiger partial charge on any atom is -0.342 e. The number of amides is 1. The molecule has 0 aromatic rings. The second-order valence-electron chi connectivity index (χ2n) is 5.54. The van der Waals surface area contributed by atoms with Crippen LogP contribution < -0.4 is 5.32 Å². The van der Waals surface area contributed by atoms with Gasteiger partial charge in [0.1, 0.15) is 0 Å². The van der Waals surface area contributed by atoms with Gasteiger partial charge in [0.05, 0.1) is 6.54 Å². The third-order valence-corrected chi connectivity index (χ3v) is 3.95. The van der Waals surface area contributed by atoms with Crippen LogP contribution >= 0.6 is 0 Å². The van der Waals surface area contributed by atoms with Crippen molar-refractivity contribution < 1.29 is 4.79 Å². The van der Waals surface area contributed by atoms with E-state index in [4.69, 9.17) is 0 Å². The van der Waals surface area contributed by atoms with E-state index in [0.717, 1.165) is 26.2 Å². The predicted molar refractivity (Wildman–Crippen MR) is 68.9 cm³/mol. The summed E-state index contributed by atoms with van der Waals surface area (Å²) >= 11 is 0. The van der Waals surface area contributed by atoms with Crippen molar-refractivity contribution in [1.82, 2.24) is 15.1 Å². The van der Waals surface area contributed by atoms with Crippen LogP contribution in [0.3, 0.4) is 0 Å². The molecule has 4 heteroatoms. The molecule has 0 bridgehead atoms. The quantitative estimate of drug-likeness (QED) is 0.784. The number of nitrogens with zero attached hydrogens (tertiary/aromatic N) is 2. The van der Waals surface area contributed by atoms with Crippen LogP contribution in [0.25, 0.3) is 0 Å². The molecule has 0 aromatic heterocycles. The Morgan fingerprint density at radius 1 is 1.29 bits per heavy atom. The predicted octanol–water partition coefficient (Wildman–Crippen LogP) is 0.681. The van der Waals surface area contributed by atoms with Gasteiger partial charge in [0, 0.05) is 31.7 Å². The average Bonchev–Trinajstić information content (AvgIpc) is 2.97. The fourth-order valence-electron chi connectivity index (χ4n) is 2.73. The van der Waals surface area contributed by atoms with Crippen LogP contribution in [0, 0.1) is 0 Å². The normalized spacial score (nSPS) is 26.1. The molecule has 98 valence electrons. The number of likely N-dealkylation sites (tertiary alicyclic amines) is 2. The van der Waals surface area contributed by atoms with Crippen LogP contribution in [0.4, 0.5) is 0 Å². The number of hydrogen-bond donors (Lipinski definition) is 1. The van der Waals surface area contributed by atoms with E-state index in [9.17, 15) is 4.79 Å². The molecule has 1 unspecified atom stereocenters. The van der Waals surface area contributed by atoms with E-state index in [0.29, 0.717) is 18.6 Å². The average molecular weight is 239 g/mol. The van der Waals surface area contributed by atoms with Gasteiger partial charge in [-0.25, -0.2) is 0 Å². The van der Waals surface area contributed by atoms with Gasteiger partial charge in [-0.15, -0.1) is 0 Å². The molecule has 2 saturated heterocycles. The number of carbonyl (C=O) groups excluding carboxylic acids is 1. The van der Waals surface area contributed by atoms with Gasteiger partial charge in [-0.3, -0.25) is 9.69 Å². The highest BCUT2D eigenvalue weighted by molar-refractivity contribution is 5.78. The third-order valence-electron chi connectivity index (χ3n) is 3.95. The molecule has 1 atom stereocenters. The number of rotatable bonds is 4. The second kappa shape index (κ2) is 5.83. The lowest BCUT2D eigenvalue weighted by molar-refractivity contribution is -0.129. The monoisotopic (exact) mass is 239 g/mol. The highest BCUT2D eigenvalue weighted by atomic mass is 16.2. The summed E-state index contributed by atoms with van der Waals surface area (Å²) in [5, 5.41) is 3.41. The highest BCUT2D eigenvalue weighted by Gasteiger charge is 2.25. The fraction of sp³-hybridized carbons (Fsp3) is 0.923. The van der Waals surface area contributed by atoms with Gasteiger partial charge in [0.15, 0.2) is 0 Å². The molecular weight excluding hydrogens is 214 g/mol. The first kappa shape index (κ1) is 12.8. The summed E-state index contributed by atoms with van der Waals surface area (Å²) in [5.41, 5.74) is 0. The van der Waals surface area contributed by atoms with Crippen molar-refractivity contribution in [2.45, 2.75) is 45.2 Å². The molecule has 2 aliphatic heterocycles. The Balaban J connectivity index is 1.67. The molecule has 17 heavy (non-hydrogen) atoms. The van der Waals surface area contributed by atoms with Crippen LogP contribution in [-0.2, 0) is 4.79 Å². The minimum absolute atomic E-state index is 0.283. The molecule has 2 rings (SSSR count). The third kappa shape index (κ3) is 3.42. The maximum atomic E-state index is 11.9. The zero-order valence-electron chi connectivity index (χ0n) is 11.1. The summed E-state index contributed by atoms with van der Waals surface area (Å²) in [6.45, 7) is 9.16. The first-order valence-electron chi connectivity index (χ1n) is 6.92. The Hall–Kier alpha value is -0.610. The number of hydrogen-bond acceptors (Lipinski definition) is 3. The number of nitrogens with one attached hydrogen (secondary N) is 1. The Morgan fingerprint density at radius 3 is 2.59 bits per heavy atom. The lowest BCUT2D eigenvalue weighted by atomic mass is 10.2. The molecule has 1 N–H and O–H groups in total. The van der Waals surface area contributed by atoms with Gasteiger partial charge in [0.25, 0.3) is 0 Å². The zero-order chi connectivity index (χ0) is 12.3. The molecule has 0 aromatic carbocycles. The molecule has 1 amide bonds. The maximum Gasteiger partial charge on any atom is 0.236 e. The first-order valence-corrected chi connectivity index (χ1v) is 6.92. The number of carbonyl (C=O) groups is 1. The fourth-order valence-corrected chi connectivity index (χ4v) is 2.73. The van der Waals surface area contributed by atoms with E-state index in [1.54, 1.807) is 0 Å². The van der Waals surface area contributed by atoms with Gasteiger partial charge in [0.2, 0.25) is 5.91 Å². The molecule has 0 aliphatic carbocycles. The summed E-state index contributed by atoms with van der Waals surface area (Å²) in [6.07, 6.45) is 3.53. The van der Waals surface area contributed by atoms with E-state index < -0.39 is 0 Å². The second-order valence-corrected chi connectivity index (χ2v) is 5.54. The lowest BCUT2D eigenvalue weighted by Gasteiger charge is -2.21. The van der Waals surface area contributed by atoms with Gasteiger partial charge in [-0.1, -0.05) is 0 Å². The van der Waals surface area contributed by atoms with E-state index in [1.807, 2.05) is 4.90 Å². The summed E-state index contributed by atoms with van der Waals surface area (Å²) in [5.74, 6) is 0.283. The summed E-state index contributed by atoms with van der Waals surface area (Å²) in [4.78, 5) is 16.3. The molecule has 4 nitrogen and oxygen atoms in total. The molecular formula is C13H25N3O. The Bertz CT molecular complexity index is 261. The summed E-state index contributed by atoms with van der Waals surface area (Å²) in [7, 11) is 0. The lowest BCUT2D eigenvalue weighted by Crippen LogP contribution is -2.42. The first-order chi connectivity index (χ1) is 8.16. The van der Waals surface area contributed by atoms with Gasteiger partial charge in [-0.05, 0) is 39.7 Å². The van der Waals surface area contributed by atoms with Crippen molar-refractivity contribution in [3.05, 3.63) is 0 Å². The minimum atomic E-state index is 0.283. The largest absolute Gasteiger partial charge is 0.342 e. The Morgan fingerprint density at radius 2 is 2.00 bits per heavy atom. The molecule has 2 aliphatic rings. The van der Waals surface area contributed by atoms with Gasteiger partial charge >= 0.3 is 0 Å². The van der Waals surface area contributed by atoms with Crippen molar-refractivity contribution in [2.24, 2.45) is 0 Å². The molecule has 0 saturated carbocycles. The topological polar surface area (TPSA) is 35.6 Å². The van der Waals surface area contributed by atoms with E-state index in [1.165, 1.54) is 19.3 Å². The van der Waals surface area contributed by atoms with Crippen molar-refractivity contribution in [2.75, 3.05) is 32.7 Å². The van der Waals surface area contributed by atoms with Crippen LogP contribution in [0.1, 0.15) is 33.1 Å². The van der Waals surface area contributed by atoms with E-state index >= 15 is 0 Å². The summed E-state index contributed by atoms with van der Waals surface area (Å²) in [6, 6.07) is 1.13. The van der Waals surface area contributed by atoms with E-state index in [2.05, 4.69) is 24.1 Å². The van der Waals surface area contributed by atoms with Crippen molar-refractivity contribution >= 4 is 5.91 Å². The van der Waals surface area contributed by atoms with Gasteiger partial charge < -0.3 is 10.2 Å². The van der Waals surface area contributed by atoms with Crippen molar-refractivity contribution in [1.29, 1.82) is 0 Å². The SMILES string of the molecule is CC(C)N1CCC(NCC(=O)N2CCCC2)C1. The molecule has 2 heterocycles. The standard InChI is InChI=1S/C13H25N3O/c1-11(2)16-8-5-12(10-16)14-9-13(17)15-6-3-4-7-15/h11-12,14H,3-10H2,1-2H3. The molecule has 0 radical (unpaired) electrons. The van der Waals surface area contributed by atoms with Crippen LogP contribution in [0.5, 0.6) is 0 Å². The Labute approximate surface area is 104 Å². The van der Waals surface area contributed by atoms with Crippen molar-refractivity contribution in [3.63, 3.8) is 0 Å². The Kier molecular flexibility index (Phi) is 4.40. The zero-order valence-corrected chi connectivity index (χ0v) is 11.1. The summed E-state index contributed by atoms with van der Waals surface area (Å²) < 4.78 is 0. The maximum absolute atomic E-state index is 11.9. The highest BCUT2D eigenvalue weighted by Crippen LogP contribution is 2.12. The van der Waals surface area contributed by atoms with Crippen LogP contribution in [-0.4, -0.2) is 60.5 Å². The van der Waals surface area contributed by atoms with Crippen molar-refractivity contribution in [3.8, 4) is 0 Å². The van der Waals surface area contributed by atoms with Gasteiger partial charge in [-0.2, -0.15) is 0 Å². The molecule has 0 spiro atoms. The van der Waals surface area contributed by atoms with Crippen LogP contribution in [0.2, 0.25) is 0 Å². The van der Waals surface area contributed by atoms with Crippen LogP contribution in [0.15, 0.2) is 0 Å². The molecule has 2 fully saturated rings. The smallest absolute Gasteiger partial charge is 0.236 e. The van der Waals surface area contributed by atoms with E-state index in [-0.39, 0.29) is 5.91 Å².